The van der Waals surface area contributed by atoms with Gasteiger partial charge in [-0.05, 0) is 12.1 Å². The predicted molar refractivity (Wildman–Crippen MR) is 53.1 cm³/mol. The SMILES string of the molecule is C[n+]1ccc2c(S(=O)(=O)[O-])cccc2c1. The van der Waals surface area contributed by atoms with Gasteiger partial charge in [-0.1, -0.05) is 6.07 Å². The Kier molecular flexibility index (Phi) is 2.21. The number of hydrogen-bond acceptors (Lipinski definition) is 3. The first-order chi connectivity index (χ1) is 6.98. The molecule has 0 saturated heterocycles. The Morgan fingerprint density at radius 2 is 2.00 bits per heavy atom. The Morgan fingerprint density at radius 1 is 1.27 bits per heavy atom. The van der Waals surface area contributed by atoms with Gasteiger partial charge in [0.1, 0.15) is 17.2 Å². The summed E-state index contributed by atoms with van der Waals surface area (Å²) in [5.74, 6) is 0. The Hall–Kier alpha value is -1.46. The largest absolute Gasteiger partial charge is 0.744 e. The van der Waals surface area contributed by atoms with E-state index in [0.717, 1.165) is 5.39 Å². The summed E-state index contributed by atoms with van der Waals surface area (Å²) in [6.07, 6.45) is 3.47. The van der Waals surface area contributed by atoms with Crippen molar-refractivity contribution in [3.8, 4) is 0 Å². The van der Waals surface area contributed by atoms with Gasteiger partial charge in [-0.15, -0.1) is 0 Å². The minimum Gasteiger partial charge on any atom is -0.744 e. The topological polar surface area (TPSA) is 61.1 Å². The third kappa shape index (κ3) is 1.84. The lowest BCUT2D eigenvalue weighted by Crippen LogP contribution is -2.26. The fourth-order valence-corrected chi connectivity index (χ4v) is 2.22. The molecule has 0 saturated carbocycles. The van der Waals surface area contributed by atoms with E-state index in [0.29, 0.717) is 5.39 Å². The molecule has 0 aliphatic heterocycles. The summed E-state index contributed by atoms with van der Waals surface area (Å²) in [7, 11) is -2.57. The highest BCUT2D eigenvalue weighted by Gasteiger charge is 2.08. The van der Waals surface area contributed by atoms with E-state index < -0.39 is 10.1 Å². The highest BCUT2D eigenvalue weighted by atomic mass is 32.2. The van der Waals surface area contributed by atoms with Crippen LogP contribution in [0.5, 0.6) is 0 Å². The zero-order chi connectivity index (χ0) is 11.1. The summed E-state index contributed by atoms with van der Waals surface area (Å²) in [5.41, 5.74) is 0. The standard InChI is InChI=1S/C10H9NO3S/c1-11-6-5-9-8(7-11)3-2-4-10(9)15(12,13)14/h2-7H,1H3. The van der Waals surface area contributed by atoms with Crippen LogP contribution < -0.4 is 4.57 Å². The molecule has 78 valence electrons. The first kappa shape index (κ1) is 10.1. The second-order valence-electron chi connectivity index (χ2n) is 3.32. The van der Waals surface area contributed by atoms with Crippen LogP contribution in [-0.2, 0) is 17.2 Å². The molecule has 0 amide bonds. The molecule has 1 heterocycles. The predicted octanol–water partition coefficient (Wildman–Crippen LogP) is 0.568. The van der Waals surface area contributed by atoms with Gasteiger partial charge in [0.05, 0.1) is 4.90 Å². The van der Waals surface area contributed by atoms with Gasteiger partial charge in [0, 0.05) is 16.8 Å². The quantitative estimate of drug-likeness (QED) is 0.524. The number of aryl methyl sites for hydroxylation is 1. The lowest BCUT2D eigenvalue weighted by molar-refractivity contribution is -0.670. The number of benzene rings is 1. The molecule has 15 heavy (non-hydrogen) atoms. The molecule has 5 heteroatoms. The van der Waals surface area contributed by atoms with Gasteiger partial charge >= 0.3 is 0 Å². The van der Waals surface area contributed by atoms with E-state index in [-0.39, 0.29) is 4.90 Å². The second kappa shape index (κ2) is 3.29. The van der Waals surface area contributed by atoms with E-state index in [9.17, 15) is 13.0 Å². The van der Waals surface area contributed by atoms with Gasteiger partial charge in [0.2, 0.25) is 0 Å². The van der Waals surface area contributed by atoms with Crippen molar-refractivity contribution in [3.05, 3.63) is 36.7 Å². The van der Waals surface area contributed by atoms with Crippen LogP contribution in [-0.4, -0.2) is 13.0 Å². The Bertz CT molecular complexity index is 620. The Labute approximate surface area is 87.5 Å². The molecular formula is C10H9NO3S. The summed E-state index contributed by atoms with van der Waals surface area (Å²) >= 11 is 0. The third-order valence-corrected chi connectivity index (χ3v) is 3.08. The zero-order valence-corrected chi connectivity index (χ0v) is 8.86. The number of pyridine rings is 1. The van der Waals surface area contributed by atoms with E-state index in [1.54, 1.807) is 35.2 Å². The molecule has 0 atom stereocenters. The Morgan fingerprint density at radius 3 is 2.67 bits per heavy atom. The van der Waals surface area contributed by atoms with E-state index in [2.05, 4.69) is 0 Å². The van der Waals surface area contributed by atoms with Crippen LogP contribution in [0.2, 0.25) is 0 Å². The molecule has 2 aromatic rings. The fraction of sp³-hybridized carbons (Fsp3) is 0.100. The number of fused-ring (bicyclic) bond motifs is 1. The first-order valence-electron chi connectivity index (χ1n) is 4.32. The van der Waals surface area contributed by atoms with Crippen molar-refractivity contribution in [2.24, 2.45) is 7.05 Å². The molecular weight excluding hydrogens is 214 g/mol. The lowest BCUT2D eigenvalue weighted by atomic mass is 10.2. The van der Waals surface area contributed by atoms with Gasteiger partial charge in [0.25, 0.3) is 0 Å². The molecule has 1 aromatic heterocycles. The van der Waals surface area contributed by atoms with Gasteiger partial charge in [-0.2, -0.15) is 0 Å². The number of nitrogens with zero attached hydrogens (tertiary/aromatic N) is 1. The number of aromatic nitrogens is 1. The first-order valence-corrected chi connectivity index (χ1v) is 5.73. The molecule has 0 unspecified atom stereocenters. The van der Waals surface area contributed by atoms with Crippen LogP contribution in [0, 0.1) is 0 Å². The highest BCUT2D eigenvalue weighted by molar-refractivity contribution is 7.86. The molecule has 4 nitrogen and oxygen atoms in total. The van der Waals surface area contributed by atoms with Crippen LogP contribution in [0.1, 0.15) is 0 Å². The fourth-order valence-electron chi connectivity index (χ4n) is 1.52. The number of hydrogen-bond donors (Lipinski definition) is 0. The van der Waals surface area contributed by atoms with Crippen molar-refractivity contribution in [3.63, 3.8) is 0 Å². The van der Waals surface area contributed by atoms with Crippen LogP contribution in [0.15, 0.2) is 41.6 Å². The van der Waals surface area contributed by atoms with Crippen molar-refractivity contribution in [1.82, 2.24) is 0 Å². The zero-order valence-electron chi connectivity index (χ0n) is 8.04. The maximum absolute atomic E-state index is 11.0. The maximum Gasteiger partial charge on any atom is 0.176 e. The van der Waals surface area contributed by atoms with Crippen molar-refractivity contribution in [1.29, 1.82) is 0 Å². The third-order valence-electron chi connectivity index (χ3n) is 2.19. The Balaban J connectivity index is 2.89. The van der Waals surface area contributed by atoms with Crippen molar-refractivity contribution < 1.29 is 17.5 Å². The van der Waals surface area contributed by atoms with Crippen LogP contribution in [0.25, 0.3) is 10.8 Å². The lowest BCUT2D eigenvalue weighted by Gasteiger charge is -2.09. The summed E-state index contributed by atoms with van der Waals surface area (Å²) in [6, 6.07) is 6.28. The highest BCUT2D eigenvalue weighted by Crippen LogP contribution is 2.20. The molecule has 0 N–H and O–H groups in total. The van der Waals surface area contributed by atoms with E-state index in [4.69, 9.17) is 0 Å². The summed E-state index contributed by atoms with van der Waals surface area (Å²) in [6.45, 7) is 0. The molecule has 0 aliphatic carbocycles. The monoisotopic (exact) mass is 223 g/mol. The molecule has 0 spiro atoms. The van der Waals surface area contributed by atoms with Crippen molar-refractivity contribution >= 4 is 20.9 Å². The summed E-state index contributed by atoms with van der Waals surface area (Å²) < 4.78 is 34.7. The van der Waals surface area contributed by atoms with Crippen LogP contribution >= 0.6 is 0 Å². The van der Waals surface area contributed by atoms with Crippen LogP contribution in [0.3, 0.4) is 0 Å². The van der Waals surface area contributed by atoms with Crippen molar-refractivity contribution in [2.75, 3.05) is 0 Å². The molecule has 0 radical (unpaired) electrons. The van der Waals surface area contributed by atoms with E-state index in [1.807, 2.05) is 7.05 Å². The van der Waals surface area contributed by atoms with Crippen molar-refractivity contribution in [2.45, 2.75) is 4.90 Å². The minimum atomic E-state index is -4.40. The summed E-state index contributed by atoms with van der Waals surface area (Å²) in [4.78, 5) is -0.166. The average molecular weight is 223 g/mol. The van der Waals surface area contributed by atoms with Gasteiger partial charge < -0.3 is 4.55 Å². The average Bonchev–Trinajstić information content (AvgIpc) is 2.15. The molecule has 0 fully saturated rings. The number of rotatable bonds is 1. The summed E-state index contributed by atoms with van der Waals surface area (Å²) in [5, 5.41) is 1.20. The molecule has 0 aliphatic rings. The van der Waals surface area contributed by atoms with Gasteiger partial charge in [-0.3, -0.25) is 0 Å². The minimum absolute atomic E-state index is 0.166. The second-order valence-corrected chi connectivity index (χ2v) is 4.67. The maximum atomic E-state index is 11.0. The normalized spacial score (nSPS) is 11.9. The van der Waals surface area contributed by atoms with E-state index in [1.165, 1.54) is 6.07 Å². The molecule has 2 rings (SSSR count). The smallest absolute Gasteiger partial charge is 0.176 e. The molecule has 0 bridgehead atoms. The molecule has 1 aromatic carbocycles. The van der Waals surface area contributed by atoms with E-state index >= 15 is 0 Å². The van der Waals surface area contributed by atoms with Gasteiger partial charge in [0.15, 0.2) is 12.4 Å². The van der Waals surface area contributed by atoms with Gasteiger partial charge in [-0.25, -0.2) is 13.0 Å². The van der Waals surface area contributed by atoms with Crippen LogP contribution in [0.4, 0.5) is 0 Å².